The van der Waals surface area contributed by atoms with Gasteiger partial charge in [-0.2, -0.15) is 0 Å². The minimum Gasteiger partial charge on any atom is -0.256 e. The van der Waals surface area contributed by atoms with Crippen LogP contribution in [0.15, 0.2) is 71.1 Å². The Bertz CT molecular complexity index is 1220. The van der Waals surface area contributed by atoms with E-state index in [1.54, 1.807) is 18.3 Å². The van der Waals surface area contributed by atoms with E-state index in [1.165, 1.54) is 11.3 Å². The Labute approximate surface area is 156 Å². The monoisotopic (exact) mass is 380 g/mol. The molecule has 0 spiro atoms. The van der Waals surface area contributed by atoms with Crippen LogP contribution in [-0.2, 0) is 10.0 Å². The molecule has 0 aliphatic rings. The summed E-state index contributed by atoms with van der Waals surface area (Å²) in [5, 5.41) is 6.32. The van der Waals surface area contributed by atoms with Crippen molar-refractivity contribution < 1.29 is 8.42 Å². The van der Waals surface area contributed by atoms with Crippen molar-refractivity contribution in [1.29, 1.82) is 0 Å². The number of fused-ring (bicyclic) bond motifs is 1. The molecule has 26 heavy (non-hydrogen) atoms. The fourth-order valence-corrected chi connectivity index (χ4v) is 4.81. The summed E-state index contributed by atoms with van der Waals surface area (Å²) in [5.41, 5.74) is 5.32. The van der Waals surface area contributed by atoms with E-state index in [9.17, 15) is 8.42 Å². The van der Waals surface area contributed by atoms with Gasteiger partial charge < -0.3 is 0 Å². The van der Waals surface area contributed by atoms with Gasteiger partial charge in [0.25, 0.3) is 0 Å². The Morgan fingerprint density at radius 3 is 2.54 bits per heavy atom. The van der Waals surface area contributed by atoms with Crippen LogP contribution in [0.4, 0.5) is 0 Å². The van der Waals surface area contributed by atoms with Crippen molar-refractivity contribution in [3.05, 3.63) is 72.4 Å². The van der Waals surface area contributed by atoms with E-state index in [2.05, 4.69) is 36.2 Å². The first-order valence-corrected chi connectivity index (χ1v) is 10.4. The molecule has 0 atom stereocenters. The van der Waals surface area contributed by atoms with Crippen LogP contribution >= 0.6 is 11.3 Å². The van der Waals surface area contributed by atoms with E-state index in [1.807, 2.05) is 24.3 Å². The maximum Gasteiger partial charge on any atom is 0.247 e. The molecule has 0 radical (unpaired) electrons. The van der Waals surface area contributed by atoms with Gasteiger partial charge in [-0.1, -0.05) is 36.4 Å². The van der Waals surface area contributed by atoms with E-state index < -0.39 is 10.0 Å². The zero-order valence-corrected chi connectivity index (χ0v) is 15.6. The average molecular weight is 380 g/mol. The van der Waals surface area contributed by atoms with Crippen LogP contribution in [0, 0.1) is 6.92 Å². The van der Waals surface area contributed by atoms with Crippen molar-refractivity contribution in [1.82, 2.24) is 4.98 Å². The highest BCUT2D eigenvalue weighted by atomic mass is 32.2. The molecule has 4 rings (SSSR count). The molecular formula is C20H16N2O2S2. The summed E-state index contributed by atoms with van der Waals surface area (Å²) in [7, 11) is -3.66. The van der Waals surface area contributed by atoms with E-state index in [-0.39, 0.29) is 4.21 Å². The van der Waals surface area contributed by atoms with Crippen molar-refractivity contribution in [3.63, 3.8) is 0 Å². The number of nitrogens with two attached hydrogens (primary N) is 1. The maximum absolute atomic E-state index is 11.5. The number of nitrogens with zero attached hydrogens (tertiary/aromatic N) is 1. The van der Waals surface area contributed by atoms with E-state index >= 15 is 0 Å². The van der Waals surface area contributed by atoms with Crippen molar-refractivity contribution in [3.8, 4) is 21.6 Å². The number of sulfonamides is 1. The second kappa shape index (κ2) is 6.32. The maximum atomic E-state index is 11.5. The Kier molecular flexibility index (Phi) is 4.11. The zero-order chi connectivity index (χ0) is 18.3. The standard InChI is InChI=1S/C20H16N2O2S2/c1-13-12-14(19-9-10-20(25-19)26(21,23)24)7-8-15(13)16-4-2-6-18-17(16)5-3-11-22-18/h2-12H,1H3,(H2,21,23,24). The van der Waals surface area contributed by atoms with Crippen LogP contribution < -0.4 is 5.14 Å². The predicted molar refractivity (Wildman–Crippen MR) is 107 cm³/mol. The van der Waals surface area contributed by atoms with E-state index in [0.29, 0.717) is 0 Å². The molecule has 0 aliphatic heterocycles. The summed E-state index contributed by atoms with van der Waals surface area (Å²) in [4.78, 5) is 5.30. The molecule has 130 valence electrons. The summed E-state index contributed by atoms with van der Waals surface area (Å²) in [5.74, 6) is 0. The largest absolute Gasteiger partial charge is 0.256 e. The number of hydrogen-bond donors (Lipinski definition) is 1. The lowest BCUT2D eigenvalue weighted by Gasteiger charge is -2.11. The van der Waals surface area contributed by atoms with Gasteiger partial charge in [0.05, 0.1) is 5.52 Å². The molecule has 4 aromatic rings. The van der Waals surface area contributed by atoms with Crippen LogP contribution in [-0.4, -0.2) is 13.4 Å². The van der Waals surface area contributed by atoms with Crippen LogP contribution in [0.25, 0.3) is 32.5 Å². The van der Waals surface area contributed by atoms with Crippen molar-refractivity contribution in [2.24, 2.45) is 5.14 Å². The molecule has 4 nitrogen and oxygen atoms in total. The predicted octanol–water partition coefficient (Wildman–Crippen LogP) is 4.59. The minimum absolute atomic E-state index is 0.175. The molecule has 0 saturated heterocycles. The van der Waals surface area contributed by atoms with Crippen molar-refractivity contribution in [2.45, 2.75) is 11.1 Å². The van der Waals surface area contributed by atoms with Gasteiger partial charge in [0.2, 0.25) is 10.0 Å². The number of hydrogen-bond acceptors (Lipinski definition) is 4. The molecule has 0 aliphatic carbocycles. The molecule has 0 saturated carbocycles. The molecule has 2 N–H and O–H groups in total. The molecule has 0 amide bonds. The second-order valence-electron chi connectivity index (χ2n) is 6.07. The first-order chi connectivity index (χ1) is 12.4. The Morgan fingerprint density at radius 2 is 1.81 bits per heavy atom. The summed E-state index contributed by atoms with van der Waals surface area (Å²) < 4.78 is 23.2. The second-order valence-corrected chi connectivity index (χ2v) is 8.94. The Morgan fingerprint density at radius 1 is 0.962 bits per heavy atom. The third-order valence-electron chi connectivity index (χ3n) is 4.31. The highest BCUT2D eigenvalue weighted by Gasteiger charge is 2.13. The first-order valence-electron chi connectivity index (χ1n) is 8.01. The van der Waals surface area contributed by atoms with Crippen LogP contribution in [0.1, 0.15) is 5.56 Å². The van der Waals surface area contributed by atoms with Gasteiger partial charge in [0, 0.05) is 16.5 Å². The van der Waals surface area contributed by atoms with Gasteiger partial charge in [-0.05, 0) is 53.4 Å². The van der Waals surface area contributed by atoms with Crippen LogP contribution in [0.2, 0.25) is 0 Å². The fourth-order valence-electron chi connectivity index (χ4n) is 3.09. The van der Waals surface area contributed by atoms with Gasteiger partial charge in [-0.25, -0.2) is 13.6 Å². The van der Waals surface area contributed by atoms with Crippen molar-refractivity contribution in [2.75, 3.05) is 0 Å². The van der Waals surface area contributed by atoms with Gasteiger partial charge in [0.1, 0.15) is 4.21 Å². The Balaban J connectivity index is 1.80. The quantitative estimate of drug-likeness (QED) is 0.565. The lowest BCUT2D eigenvalue weighted by molar-refractivity contribution is 0.600. The molecule has 6 heteroatoms. The van der Waals surface area contributed by atoms with Gasteiger partial charge in [-0.3, -0.25) is 4.98 Å². The molecular weight excluding hydrogens is 364 g/mol. The number of pyridine rings is 1. The number of thiophene rings is 1. The third-order valence-corrected chi connectivity index (χ3v) is 6.88. The molecule has 0 unspecified atom stereocenters. The fraction of sp³-hybridized carbons (Fsp3) is 0.0500. The number of rotatable bonds is 3. The molecule has 0 fully saturated rings. The number of primary sulfonamides is 1. The summed E-state index contributed by atoms with van der Waals surface area (Å²) in [6.45, 7) is 2.06. The Hall–Kier alpha value is -2.54. The summed E-state index contributed by atoms with van der Waals surface area (Å²) >= 11 is 1.18. The summed E-state index contributed by atoms with van der Waals surface area (Å²) in [6.07, 6.45) is 1.79. The minimum atomic E-state index is -3.66. The van der Waals surface area contributed by atoms with Gasteiger partial charge >= 0.3 is 0 Å². The third kappa shape index (κ3) is 3.03. The molecule has 2 aromatic heterocycles. The van der Waals surface area contributed by atoms with Gasteiger partial charge in [0.15, 0.2) is 0 Å². The van der Waals surface area contributed by atoms with E-state index in [0.717, 1.165) is 38.0 Å². The number of aryl methyl sites for hydroxylation is 1. The van der Waals surface area contributed by atoms with E-state index in [4.69, 9.17) is 5.14 Å². The topological polar surface area (TPSA) is 73.1 Å². The molecule has 2 aromatic carbocycles. The highest BCUT2D eigenvalue weighted by molar-refractivity contribution is 7.91. The first kappa shape index (κ1) is 16.9. The van der Waals surface area contributed by atoms with Crippen LogP contribution in [0.5, 0.6) is 0 Å². The highest BCUT2D eigenvalue weighted by Crippen LogP contribution is 2.35. The number of aromatic nitrogens is 1. The van der Waals surface area contributed by atoms with Crippen molar-refractivity contribution >= 4 is 32.3 Å². The van der Waals surface area contributed by atoms with Crippen LogP contribution in [0.3, 0.4) is 0 Å². The smallest absolute Gasteiger partial charge is 0.247 e. The average Bonchev–Trinajstić information content (AvgIpc) is 3.12. The number of benzene rings is 2. The molecule has 2 heterocycles. The lowest BCUT2D eigenvalue weighted by atomic mass is 9.95. The molecule has 0 bridgehead atoms. The summed E-state index contributed by atoms with van der Waals surface area (Å²) in [6, 6.07) is 19.6. The SMILES string of the molecule is Cc1cc(-c2ccc(S(N)(=O)=O)s2)ccc1-c1cccc2ncccc12. The normalized spacial score (nSPS) is 11.8. The lowest BCUT2D eigenvalue weighted by Crippen LogP contribution is -2.09. The zero-order valence-electron chi connectivity index (χ0n) is 14.0. The van der Waals surface area contributed by atoms with Gasteiger partial charge in [-0.15, -0.1) is 11.3 Å².